The highest BCUT2D eigenvalue weighted by molar-refractivity contribution is 7.27. The quantitative estimate of drug-likeness (QED) is 0.174. The number of fused-ring (bicyclic) bond motifs is 17. The molecule has 1 unspecified atom stereocenters. The SMILES string of the molecule is CC1C(n2c3ccccc3c3c4sc5ccccc5c4ccc32)=C(C#N)C(C(C)(C)n2c3ccccc3c3ccccc32)=C1n1c2ccccc2c2c3sc4ccccc4c3ccc21. The predicted octanol–water partition coefficient (Wildman–Crippen LogP) is 16.5. The third kappa shape index (κ3) is 4.50. The normalized spacial score (nSPS) is 15.1. The third-order valence-electron chi connectivity index (χ3n) is 14.3. The van der Waals surface area contributed by atoms with Gasteiger partial charge in [-0.2, -0.15) is 5.26 Å². The molecule has 4 nitrogen and oxygen atoms in total. The minimum atomic E-state index is -0.698. The van der Waals surface area contributed by atoms with Crippen LogP contribution in [-0.4, -0.2) is 13.7 Å². The fourth-order valence-corrected chi connectivity index (χ4v) is 14.3. The van der Waals surface area contributed by atoms with Crippen LogP contribution in [0.2, 0.25) is 0 Å². The lowest BCUT2D eigenvalue weighted by atomic mass is 9.87. The van der Waals surface area contributed by atoms with E-state index in [0.29, 0.717) is 0 Å². The molecule has 302 valence electrons. The van der Waals surface area contributed by atoms with Crippen molar-refractivity contribution >= 4 is 140 Å². The van der Waals surface area contributed by atoms with Crippen LogP contribution in [0.15, 0.2) is 181 Å². The van der Waals surface area contributed by atoms with Crippen LogP contribution >= 0.6 is 22.7 Å². The topological polar surface area (TPSA) is 38.6 Å². The van der Waals surface area contributed by atoms with Gasteiger partial charge in [-0.25, -0.2) is 0 Å². The van der Waals surface area contributed by atoms with E-state index in [0.717, 1.165) is 55.6 Å². The lowest BCUT2D eigenvalue weighted by Gasteiger charge is -2.33. The highest BCUT2D eigenvalue weighted by atomic mass is 32.1. The fraction of sp³-hybridized carbons (Fsp3) is 0.0862. The Morgan fingerprint density at radius 1 is 0.438 bits per heavy atom. The van der Waals surface area contributed by atoms with E-state index < -0.39 is 5.54 Å². The number of rotatable bonds is 4. The van der Waals surface area contributed by atoms with Crippen molar-refractivity contribution in [1.82, 2.24) is 13.7 Å². The summed E-state index contributed by atoms with van der Waals surface area (Å²) in [5.74, 6) is -0.189. The van der Waals surface area contributed by atoms with Crippen molar-refractivity contribution in [3.8, 4) is 6.07 Å². The van der Waals surface area contributed by atoms with Crippen molar-refractivity contribution in [1.29, 1.82) is 5.26 Å². The fourth-order valence-electron chi connectivity index (χ4n) is 11.8. The van der Waals surface area contributed by atoms with Crippen molar-refractivity contribution in [3.63, 3.8) is 0 Å². The maximum Gasteiger partial charge on any atom is 0.101 e. The first-order valence-electron chi connectivity index (χ1n) is 22.0. The average Bonchev–Trinajstić information content (AvgIpc) is 4.17. The molecule has 6 heteroatoms. The minimum Gasteiger partial charge on any atom is -0.331 e. The van der Waals surface area contributed by atoms with Crippen LogP contribution in [0.4, 0.5) is 0 Å². The number of hydrogen-bond acceptors (Lipinski definition) is 3. The van der Waals surface area contributed by atoms with E-state index >= 15 is 0 Å². The molecule has 13 aromatic rings. The van der Waals surface area contributed by atoms with Crippen molar-refractivity contribution < 1.29 is 0 Å². The number of hydrogen-bond donors (Lipinski definition) is 0. The van der Waals surface area contributed by atoms with Crippen molar-refractivity contribution in [3.05, 3.63) is 181 Å². The molecular formula is C58H38N4S2. The Bertz CT molecular complexity index is 4270. The molecule has 64 heavy (non-hydrogen) atoms. The monoisotopic (exact) mass is 854 g/mol. The van der Waals surface area contributed by atoms with Crippen LogP contribution < -0.4 is 0 Å². The second-order valence-corrected chi connectivity index (χ2v) is 20.0. The van der Waals surface area contributed by atoms with E-state index in [9.17, 15) is 5.26 Å². The van der Waals surface area contributed by atoms with Crippen LogP contribution in [0.5, 0.6) is 0 Å². The third-order valence-corrected chi connectivity index (χ3v) is 16.7. The second-order valence-electron chi connectivity index (χ2n) is 17.9. The molecule has 0 aliphatic heterocycles. The largest absolute Gasteiger partial charge is 0.331 e. The molecule has 5 aromatic heterocycles. The molecule has 0 saturated carbocycles. The van der Waals surface area contributed by atoms with Gasteiger partial charge < -0.3 is 13.7 Å². The zero-order valence-electron chi connectivity index (χ0n) is 35.3. The summed E-state index contributed by atoms with van der Waals surface area (Å²) in [5, 5.41) is 24.5. The van der Waals surface area contributed by atoms with Gasteiger partial charge in [-0.1, -0.05) is 128 Å². The van der Waals surface area contributed by atoms with E-state index in [1.54, 1.807) is 0 Å². The molecule has 0 bridgehead atoms. The summed E-state index contributed by atoms with van der Waals surface area (Å²) in [4.78, 5) is 0. The number of nitriles is 1. The van der Waals surface area contributed by atoms with Gasteiger partial charge in [0.2, 0.25) is 0 Å². The maximum atomic E-state index is 12.0. The number of para-hydroxylation sites is 4. The van der Waals surface area contributed by atoms with E-state index in [1.165, 1.54) is 72.7 Å². The van der Waals surface area contributed by atoms with Gasteiger partial charge in [-0.15, -0.1) is 22.7 Å². The van der Waals surface area contributed by atoms with Gasteiger partial charge in [-0.3, -0.25) is 0 Å². The number of allylic oxidation sites excluding steroid dienone is 4. The molecule has 0 N–H and O–H groups in total. The van der Waals surface area contributed by atoms with Crippen LogP contribution in [0.25, 0.3) is 117 Å². The molecule has 1 atom stereocenters. The molecule has 1 aliphatic carbocycles. The zero-order chi connectivity index (χ0) is 42.6. The molecular weight excluding hydrogens is 817 g/mol. The standard InChI is InChI=1S/C58H38N4S2/c1-33-54(60-43-22-10-6-20-40(43)51-47(60)30-28-38-36-18-8-14-26-49(36)63-56(38)51)42(32-59)53(58(2,3)62-45-24-12-4-16-34(45)35-17-5-13-25-46(35)62)55(33)61-44-23-11-7-21-41(44)52-48(61)31-29-39-37-19-9-15-27-50(37)64-57(39)52/h4-31,33H,1-3H3. The van der Waals surface area contributed by atoms with Gasteiger partial charge in [0, 0.05) is 101 Å². The van der Waals surface area contributed by atoms with Crippen LogP contribution in [-0.2, 0) is 5.54 Å². The Morgan fingerprint density at radius 2 is 0.844 bits per heavy atom. The highest BCUT2D eigenvalue weighted by Crippen LogP contribution is 2.55. The summed E-state index contributed by atoms with van der Waals surface area (Å²) < 4.78 is 12.6. The summed E-state index contributed by atoms with van der Waals surface area (Å²) in [6, 6.07) is 65.0. The Morgan fingerprint density at radius 3 is 1.33 bits per heavy atom. The van der Waals surface area contributed by atoms with Crippen LogP contribution in [0.3, 0.4) is 0 Å². The van der Waals surface area contributed by atoms with Crippen LogP contribution in [0, 0.1) is 17.2 Å². The number of nitrogens with zero attached hydrogens (tertiary/aromatic N) is 4. The van der Waals surface area contributed by atoms with E-state index in [1.807, 2.05) is 22.7 Å². The molecule has 0 saturated heterocycles. The Balaban J connectivity index is 1.14. The second kappa shape index (κ2) is 12.8. The first kappa shape index (κ1) is 36.1. The number of aromatic nitrogens is 3. The molecule has 14 rings (SSSR count). The molecule has 0 radical (unpaired) electrons. The van der Waals surface area contributed by atoms with Gasteiger partial charge in [0.05, 0.1) is 38.9 Å². The van der Waals surface area contributed by atoms with E-state index in [-0.39, 0.29) is 5.92 Å². The lowest BCUT2D eigenvalue weighted by Crippen LogP contribution is -2.30. The molecule has 0 spiro atoms. The highest BCUT2D eigenvalue weighted by Gasteiger charge is 2.44. The number of thiophene rings is 2. The van der Waals surface area contributed by atoms with Crippen molar-refractivity contribution in [2.75, 3.05) is 0 Å². The van der Waals surface area contributed by atoms with Gasteiger partial charge in [0.25, 0.3) is 0 Å². The molecule has 1 aliphatic rings. The lowest BCUT2D eigenvalue weighted by molar-refractivity contribution is 0.461. The number of benzene rings is 8. The Labute approximate surface area is 376 Å². The summed E-state index contributed by atoms with van der Waals surface area (Å²) in [6.07, 6.45) is 0. The Kier molecular flexibility index (Phi) is 7.24. The average molecular weight is 855 g/mol. The van der Waals surface area contributed by atoms with E-state index in [4.69, 9.17) is 0 Å². The van der Waals surface area contributed by atoms with Crippen LogP contribution in [0.1, 0.15) is 20.8 Å². The molecule has 8 aromatic carbocycles. The molecule has 0 amide bonds. The zero-order valence-corrected chi connectivity index (χ0v) is 37.0. The van der Waals surface area contributed by atoms with Gasteiger partial charge in [-0.05, 0) is 62.4 Å². The molecule has 5 heterocycles. The van der Waals surface area contributed by atoms with Gasteiger partial charge >= 0.3 is 0 Å². The molecule has 0 fully saturated rings. The smallest absolute Gasteiger partial charge is 0.101 e. The first-order valence-corrected chi connectivity index (χ1v) is 23.6. The Hall–Kier alpha value is -7.43. The van der Waals surface area contributed by atoms with E-state index in [2.05, 4.69) is 210 Å². The van der Waals surface area contributed by atoms with Crippen molar-refractivity contribution in [2.24, 2.45) is 5.92 Å². The van der Waals surface area contributed by atoms with Gasteiger partial charge in [0.15, 0.2) is 0 Å². The summed E-state index contributed by atoms with van der Waals surface area (Å²) in [7, 11) is 0. The maximum absolute atomic E-state index is 12.0. The first-order chi connectivity index (χ1) is 31.4. The predicted molar refractivity (Wildman–Crippen MR) is 275 cm³/mol. The van der Waals surface area contributed by atoms with Crippen molar-refractivity contribution in [2.45, 2.75) is 26.3 Å². The summed E-state index contributed by atoms with van der Waals surface area (Å²) >= 11 is 3.75. The summed E-state index contributed by atoms with van der Waals surface area (Å²) in [5.41, 5.74) is 10.1. The minimum absolute atomic E-state index is 0.189. The summed E-state index contributed by atoms with van der Waals surface area (Å²) in [6.45, 7) is 7.01. The van der Waals surface area contributed by atoms with Gasteiger partial charge in [0.1, 0.15) is 6.07 Å².